The summed E-state index contributed by atoms with van der Waals surface area (Å²) in [4.78, 5) is 13.3. The number of benzene rings is 2. The fraction of sp³-hybridized carbons (Fsp3) is 0.273. The lowest BCUT2D eigenvalue weighted by Gasteiger charge is -2.13. The molecule has 3 aromatic rings. The molecule has 3 rings (SSSR count). The minimum absolute atomic E-state index is 0.280. The van der Waals surface area contributed by atoms with Crippen molar-refractivity contribution >= 4 is 16.7 Å². The number of H-pyrrole nitrogens is 1. The molecule has 1 atom stereocenters. The van der Waals surface area contributed by atoms with E-state index in [-0.39, 0.29) is 11.5 Å². The number of aromatic nitrogens is 2. The molecule has 1 heterocycles. The number of ketones is 1. The van der Waals surface area contributed by atoms with Crippen molar-refractivity contribution in [3.05, 3.63) is 41.1 Å². The van der Waals surface area contributed by atoms with E-state index in [0.29, 0.717) is 45.0 Å². The van der Waals surface area contributed by atoms with E-state index in [1.54, 1.807) is 31.2 Å². The van der Waals surface area contributed by atoms with Gasteiger partial charge in [-0.25, -0.2) is 0 Å². The molecule has 0 aliphatic carbocycles. The summed E-state index contributed by atoms with van der Waals surface area (Å²) >= 11 is 0. The van der Waals surface area contributed by atoms with E-state index in [4.69, 9.17) is 18.9 Å². The fourth-order valence-corrected chi connectivity index (χ4v) is 3.06. The van der Waals surface area contributed by atoms with Crippen molar-refractivity contribution in [2.75, 3.05) is 28.4 Å². The Morgan fingerprint density at radius 1 is 1.03 bits per heavy atom. The number of fused-ring (bicyclic) bond motifs is 1. The van der Waals surface area contributed by atoms with Gasteiger partial charge in [0, 0.05) is 10.9 Å². The Kier molecular flexibility index (Phi) is 6.14. The standard InChI is InChI=1S/C22H22N2O6/c1-12(25)6-7-14-16(27-2)9-8-15-19(14)23-24-20(15)21(26)13-10-17(28-3)22(30-5)18(11-13)29-4/h8-12,25H,1-5H3,(H,23,24)/t12-/m0/s1. The van der Waals surface area contributed by atoms with Gasteiger partial charge in [0.1, 0.15) is 23.1 Å². The molecule has 0 fully saturated rings. The van der Waals surface area contributed by atoms with Gasteiger partial charge >= 0.3 is 0 Å². The number of ether oxygens (including phenoxy) is 4. The zero-order chi connectivity index (χ0) is 21.8. The summed E-state index contributed by atoms with van der Waals surface area (Å²) in [6.07, 6.45) is -0.816. The highest BCUT2D eigenvalue weighted by Gasteiger charge is 2.22. The van der Waals surface area contributed by atoms with Gasteiger partial charge in [-0.1, -0.05) is 11.8 Å². The van der Waals surface area contributed by atoms with Crippen molar-refractivity contribution in [3.8, 4) is 34.8 Å². The van der Waals surface area contributed by atoms with Crippen molar-refractivity contribution in [1.82, 2.24) is 10.2 Å². The molecular formula is C22H22N2O6. The van der Waals surface area contributed by atoms with Gasteiger partial charge in [-0.2, -0.15) is 5.10 Å². The molecule has 0 saturated heterocycles. The summed E-state index contributed by atoms with van der Waals surface area (Å²) in [5.74, 6) is 6.88. The fourth-order valence-electron chi connectivity index (χ4n) is 3.06. The number of aliphatic hydroxyl groups excluding tert-OH is 1. The van der Waals surface area contributed by atoms with Gasteiger partial charge in [0.05, 0.1) is 34.0 Å². The summed E-state index contributed by atoms with van der Waals surface area (Å²) < 4.78 is 21.3. The van der Waals surface area contributed by atoms with E-state index < -0.39 is 6.10 Å². The quantitative estimate of drug-likeness (QED) is 0.476. The minimum Gasteiger partial charge on any atom is -0.495 e. The van der Waals surface area contributed by atoms with Gasteiger partial charge < -0.3 is 24.1 Å². The second-order valence-electron chi connectivity index (χ2n) is 6.33. The van der Waals surface area contributed by atoms with Crippen molar-refractivity contribution < 1.29 is 28.8 Å². The van der Waals surface area contributed by atoms with Crippen LogP contribution in [0.2, 0.25) is 0 Å². The van der Waals surface area contributed by atoms with Gasteiger partial charge in [0.2, 0.25) is 11.5 Å². The second-order valence-corrected chi connectivity index (χ2v) is 6.33. The Morgan fingerprint density at radius 3 is 2.20 bits per heavy atom. The number of aliphatic hydroxyl groups is 1. The normalized spacial score (nSPS) is 11.4. The molecule has 0 aliphatic rings. The molecule has 8 nitrogen and oxygen atoms in total. The number of nitrogens with zero attached hydrogens (tertiary/aromatic N) is 1. The Labute approximate surface area is 173 Å². The second kappa shape index (κ2) is 8.76. The predicted molar refractivity (Wildman–Crippen MR) is 111 cm³/mol. The smallest absolute Gasteiger partial charge is 0.211 e. The van der Waals surface area contributed by atoms with E-state index in [9.17, 15) is 9.90 Å². The molecule has 0 amide bonds. The van der Waals surface area contributed by atoms with E-state index in [2.05, 4.69) is 22.0 Å². The molecule has 156 valence electrons. The van der Waals surface area contributed by atoms with Gasteiger partial charge in [0.25, 0.3) is 0 Å². The molecule has 30 heavy (non-hydrogen) atoms. The first-order chi connectivity index (χ1) is 14.4. The predicted octanol–water partition coefficient (Wildman–Crippen LogP) is 2.56. The first-order valence-electron chi connectivity index (χ1n) is 9.04. The number of carbonyl (C=O) groups excluding carboxylic acids is 1. The third kappa shape index (κ3) is 3.75. The Hall–Kier alpha value is -3.70. The molecule has 0 bridgehead atoms. The van der Waals surface area contributed by atoms with Crippen LogP contribution in [0.1, 0.15) is 28.5 Å². The molecule has 0 radical (unpaired) electrons. The number of nitrogens with one attached hydrogen (secondary N) is 1. The highest BCUT2D eigenvalue weighted by molar-refractivity contribution is 6.16. The van der Waals surface area contributed by atoms with Gasteiger partial charge in [-0.05, 0) is 31.2 Å². The summed E-state index contributed by atoms with van der Waals surface area (Å²) in [6, 6.07) is 6.59. The van der Waals surface area contributed by atoms with Crippen molar-refractivity contribution in [3.63, 3.8) is 0 Å². The largest absolute Gasteiger partial charge is 0.495 e. The zero-order valence-electron chi connectivity index (χ0n) is 17.3. The maximum absolute atomic E-state index is 13.3. The zero-order valence-corrected chi connectivity index (χ0v) is 17.3. The van der Waals surface area contributed by atoms with Crippen LogP contribution in [0.3, 0.4) is 0 Å². The monoisotopic (exact) mass is 410 g/mol. The van der Waals surface area contributed by atoms with Crippen LogP contribution >= 0.6 is 0 Å². The van der Waals surface area contributed by atoms with E-state index >= 15 is 0 Å². The maximum Gasteiger partial charge on any atom is 0.211 e. The third-order valence-electron chi connectivity index (χ3n) is 4.47. The molecule has 0 unspecified atom stereocenters. The molecule has 0 saturated carbocycles. The van der Waals surface area contributed by atoms with E-state index in [1.807, 2.05) is 0 Å². The summed E-state index contributed by atoms with van der Waals surface area (Å²) in [7, 11) is 5.98. The number of hydrogen-bond acceptors (Lipinski definition) is 7. The molecule has 8 heteroatoms. The number of aromatic amines is 1. The summed E-state index contributed by atoms with van der Waals surface area (Å²) in [5, 5.41) is 17.1. The molecule has 0 spiro atoms. The van der Waals surface area contributed by atoms with Crippen molar-refractivity contribution in [2.24, 2.45) is 0 Å². The van der Waals surface area contributed by atoms with Crippen LogP contribution in [0.25, 0.3) is 10.9 Å². The van der Waals surface area contributed by atoms with Crippen LogP contribution in [0.5, 0.6) is 23.0 Å². The van der Waals surface area contributed by atoms with Gasteiger partial charge in [0.15, 0.2) is 11.5 Å². The lowest BCUT2D eigenvalue weighted by Crippen LogP contribution is -2.05. The van der Waals surface area contributed by atoms with Crippen molar-refractivity contribution in [2.45, 2.75) is 13.0 Å². The van der Waals surface area contributed by atoms with Crippen LogP contribution in [-0.4, -0.2) is 55.6 Å². The first kappa shape index (κ1) is 21.0. The van der Waals surface area contributed by atoms with Gasteiger partial charge in [-0.3, -0.25) is 9.89 Å². The first-order valence-corrected chi connectivity index (χ1v) is 9.04. The third-order valence-corrected chi connectivity index (χ3v) is 4.47. The molecular weight excluding hydrogens is 388 g/mol. The van der Waals surface area contributed by atoms with Crippen LogP contribution in [0, 0.1) is 11.8 Å². The highest BCUT2D eigenvalue weighted by Crippen LogP contribution is 2.39. The lowest BCUT2D eigenvalue weighted by molar-refractivity contribution is 0.103. The topological polar surface area (TPSA) is 103 Å². The number of rotatable bonds is 6. The maximum atomic E-state index is 13.3. The van der Waals surface area contributed by atoms with Crippen LogP contribution < -0.4 is 18.9 Å². The lowest BCUT2D eigenvalue weighted by atomic mass is 10.0. The number of methoxy groups -OCH3 is 4. The number of carbonyl (C=O) groups is 1. The van der Waals surface area contributed by atoms with Crippen LogP contribution in [0.4, 0.5) is 0 Å². The molecule has 2 N–H and O–H groups in total. The van der Waals surface area contributed by atoms with Crippen LogP contribution in [0.15, 0.2) is 24.3 Å². The molecule has 2 aromatic carbocycles. The summed E-state index contributed by atoms with van der Waals surface area (Å²) in [5.41, 5.74) is 1.57. The average molecular weight is 410 g/mol. The molecule has 0 aliphatic heterocycles. The highest BCUT2D eigenvalue weighted by atomic mass is 16.5. The van der Waals surface area contributed by atoms with E-state index in [0.717, 1.165) is 0 Å². The van der Waals surface area contributed by atoms with Crippen LogP contribution in [-0.2, 0) is 0 Å². The molecule has 1 aromatic heterocycles. The Morgan fingerprint density at radius 2 is 1.67 bits per heavy atom. The summed E-state index contributed by atoms with van der Waals surface area (Å²) in [6.45, 7) is 1.56. The van der Waals surface area contributed by atoms with Gasteiger partial charge in [-0.15, -0.1) is 0 Å². The van der Waals surface area contributed by atoms with E-state index in [1.165, 1.54) is 28.4 Å². The SMILES string of the molecule is COc1cc(C(=O)c2[nH]nc3c(C#C[C@H](C)O)c(OC)ccc23)cc(OC)c1OC. The minimum atomic E-state index is -0.816. The Balaban J connectivity index is 2.16. The van der Waals surface area contributed by atoms with Crippen molar-refractivity contribution in [1.29, 1.82) is 0 Å². The average Bonchev–Trinajstić information content (AvgIpc) is 3.19. The number of hydrogen-bond donors (Lipinski definition) is 2. The Bertz CT molecular complexity index is 1130.